The van der Waals surface area contributed by atoms with Crippen LogP contribution in [0.25, 0.3) is 0 Å². The Labute approximate surface area is 226 Å². The van der Waals surface area contributed by atoms with E-state index in [4.69, 9.17) is 0 Å². The van der Waals surface area contributed by atoms with Crippen LogP contribution in [0.15, 0.2) is 48.5 Å². The molecule has 212 valence electrons. The molecule has 0 aromatic heterocycles. The van der Waals surface area contributed by atoms with Crippen LogP contribution in [0.1, 0.15) is 43.2 Å². The third-order valence-electron chi connectivity index (χ3n) is 7.33. The number of carbonyl (C=O) groups excluding carboxylic acids is 2. The van der Waals surface area contributed by atoms with Crippen molar-refractivity contribution in [2.45, 2.75) is 50.9 Å². The summed E-state index contributed by atoms with van der Waals surface area (Å²) in [5.74, 6) is -0.333. The van der Waals surface area contributed by atoms with E-state index < -0.39 is 17.8 Å². The topological polar surface area (TPSA) is 67.9 Å². The molecule has 1 saturated heterocycles. The summed E-state index contributed by atoms with van der Waals surface area (Å²) in [7, 11) is 0. The first-order chi connectivity index (χ1) is 18.7. The molecule has 0 spiro atoms. The van der Waals surface area contributed by atoms with E-state index in [1.807, 2.05) is 0 Å². The molecule has 4 rings (SSSR count). The molecule has 1 aliphatic carbocycles. The lowest BCUT2D eigenvalue weighted by Gasteiger charge is -2.36. The lowest BCUT2D eigenvalue weighted by atomic mass is 9.96. The molecule has 1 heterocycles. The van der Waals surface area contributed by atoms with Crippen molar-refractivity contribution in [3.63, 3.8) is 0 Å². The van der Waals surface area contributed by atoms with Crippen LogP contribution in [0.3, 0.4) is 0 Å². The SMILES string of the molecule is O=C(Nc1ccccc1C(F)(F)F)N1CCN(CCN(Cc2ccc(F)cc2)C(=O)NC2CCCCC2)CC1. The first-order valence-corrected chi connectivity index (χ1v) is 13.4. The molecular weight excluding hydrogens is 514 g/mol. The van der Waals surface area contributed by atoms with E-state index in [1.54, 1.807) is 17.0 Å². The minimum absolute atomic E-state index is 0.146. The predicted octanol–water partition coefficient (Wildman–Crippen LogP) is 5.54. The molecule has 2 fully saturated rings. The summed E-state index contributed by atoms with van der Waals surface area (Å²) in [6.45, 7) is 3.14. The van der Waals surface area contributed by atoms with Crippen LogP contribution in [-0.2, 0) is 12.7 Å². The number of alkyl halides is 3. The van der Waals surface area contributed by atoms with Crippen molar-refractivity contribution in [1.29, 1.82) is 0 Å². The van der Waals surface area contributed by atoms with Gasteiger partial charge in [-0.1, -0.05) is 43.5 Å². The van der Waals surface area contributed by atoms with E-state index in [0.717, 1.165) is 37.3 Å². The van der Waals surface area contributed by atoms with Crippen LogP contribution in [0.4, 0.5) is 32.8 Å². The van der Waals surface area contributed by atoms with Crippen LogP contribution < -0.4 is 10.6 Å². The van der Waals surface area contributed by atoms with Crippen LogP contribution in [-0.4, -0.2) is 72.1 Å². The number of urea groups is 2. The number of nitrogens with zero attached hydrogens (tertiary/aromatic N) is 3. The number of anilines is 1. The number of carbonyl (C=O) groups is 2. The Balaban J connectivity index is 1.30. The van der Waals surface area contributed by atoms with Gasteiger partial charge in [0.15, 0.2) is 0 Å². The summed E-state index contributed by atoms with van der Waals surface area (Å²) in [5.41, 5.74) is -0.321. The number of rotatable bonds is 7. The first-order valence-electron chi connectivity index (χ1n) is 13.4. The second-order valence-electron chi connectivity index (χ2n) is 10.1. The molecule has 7 nitrogen and oxygen atoms in total. The summed E-state index contributed by atoms with van der Waals surface area (Å²) in [5, 5.41) is 5.55. The molecule has 2 aliphatic rings. The minimum Gasteiger partial charge on any atom is -0.335 e. The fourth-order valence-electron chi connectivity index (χ4n) is 5.05. The first kappa shape index (κ1) is 28.7. The molecule has 1 aliphatic heterocycles. The lowest BCUT2D eigenvalue weighted by Crippen LogP contribution is -2.52. The molecular formula is C28H35F4N5O2. The highest BCUT2D eigenvalue weighted by Crippen LogP contribution is 2.34. The fourth-order valence-corrected chi connectivity index (χ4v) is 5.05. The molecule has 2 aromatic rings. The van der Waals surface area contributed by atoms with Gasteiger partial charge in [-0.25, -0.2) is 14.0 Å². The number of para-hydroxylation sites is 1. The van der Waals surface area contributed by atoms with Crippen molar-refractivity contribution < 1.29 is 27.2 Å². The maximum absolute atomic E-state index is 13.4. The van der Waals surface area contributed by atoms with Crippen LogP contribution in [0.5, 0.6) is 0 Å². The van der Waals surface area contributed by atoms with Gasteiger partial charge >= 0.3 is 18.2 Å². The normalized spacial score (nSPS) is 17.1. The highest BCUT2D eigenvalue weighted by molar-refractivity contribution is 5.90. The minimum atomic E-state index is -4.56. The van der Waals surface area contributed by atoms with Crippen LogP contribution >= 0.6 is 0 Å². The number of hydrogen-bond acceptors (Lipinski definition) is 3. The standard InChI is InChI=1S/C28H35F4N5O2/c29-22-12-10-21(11-13-22)20-37(26(38)33-23-6-2-1-3-7-23)19-16-35-14-17-36(18-15-35)27(39)34-25-9-5-4-8-24(25)28(30,31)32/h4-5,8-13,23H,1-3,6-7,14-20H2,(H,33,38)(H,34,39). The lowest BCUT2D eigenvalue weighted by molar-refractivity contribution is -0.136. The van der Waals surface area contributed by atoms with Gasteiger partial charge < -0.3 is 20.4 Å². The molecule has 11 heteroatoms. The van der Waals surface area contributed by atoms with E-state index in [0.29, 0.717) is 45.8 Å². The van der Waals surface area contributed by atoms with Gasteiger partial charge in [0.1, 0.15) is 5.82 Å². The Morgan fingerprint density at radius 2 is 1.59 bits per heavy atom. The van der Waals surface area contributed by atoms with Crippen molar-refractivity contribution in [2.24, 2.45) is 0 Å². The molecule has 0 atom stereocenters. The van der Waals surface area contributed by atoms with Crippen molar-refractivity contribution in [1.82, 2.24) is 20.0 Å². The van der Waals surface area contributed by atoms with Crippen molar-refractivity contribution in [3.05, 3.63) is 65.5 Å². The van der Waals surface area contributed by atoms with Gasteiger partial charge in [0, 0.05) is 51.9 Å². The molecule has 0 bridgehead atoms. The van der Waals surface area contributed by atoms with Gasteiger partial charge in [0.25, 0.3) is 0 Å². The quantitative estimate of drug-likeness (QED) is 0.446. The molecule has 0 radical (unpaired) electrons. The third kappa shape index (κ3) is 8.32. The van der Waals surface area contributed by atoms with Crippen molar-refractivity contribution >= 4 is 17.7 Å². The van der Waals surface area contributed by atoms with E-state index in [9.17, 15) is 27.2 Å². The average Bonchev–Trinajstić information content (AvgIpc) is 2.92. The number of halogens is 4. The molecule has 2 N–H and O–H groups in total. The van der Waals surface area contributed by atoms with E-state index >= 15 is 0 Å². The van der Waals surface area contributed by atoms with E-state index in [-0.39, 0.29) is 23.6 Å². The molecule has 4 amide bonds. The molecule has 2 aromatic carbocycles. The van der Waals surface area contributed by atoms with Crippen molar-refractivity contribution in [2.75, 3.05) is 44.6 Å². The smallest absolute Gasteiger partial charge is 0.335 e. The maximum atomic E-state index is 13.4. The van der Waals surface area contributed by atoms with Crippen LogP contribution in [0.2, 0.25) is 0 Å². The van der Waals surface area contributed by atoms with Crippen LogP contribution in [0, 0.1) is 5.82 Å². The number of piperazine rings is 1. The fraction of sp³-hybridized carbons (Fsp3) is 0.500. The van der Waals surface area contributed by atoms with Gasteiger partial charge in [0.05, 0.1) is 11.3 Å². The summed E-state index contributed by atoms with van der Waals surface area (Å²) < 4.78 is 53.2. The summed E-state index contributed by atoms with van der Waals surface area (Å²) in [6.07, 6.45) is 0.752. The summed E-state index contributed by atoms with van der Waals surface area (Å²) in [6, 6.07) is 10.5. The summed E-state index contributed by atoms with van der Waals surface area (Å²) >= 11 is 0. The number of amides is 4. The Morgan fingerprint density at radius 3 is 2.26 bits per heavy atom. The van der Waals surface area contributed by atoms with Gasteiger partial charge in [-0.15, -0.1) is 0 Å². The van der Waals surface area contributed by atoms with Gasteiger partial charge in [0.2, 0.25) is 0 Å². The highest BCUT2D eigenvalue weighted by atomic mass is 19.4. The monoisotopic (exact) mass is 549 g/mol. The largest absolute Gasteiger partial charge is 0.418 e. The number of nitrogens with one attached hydrogen (secondary N) is 2. The zero-order valence-electron chi connectivity index (χ0n) is 21.9. The maximum Gasteiger partial charge on any atom is 0.418 e. The Bertz CT molecular complexity index is 1100. The molecule has 0 unspecified atom stereocenters. The average molecular weight is 550 g/mol. The van der Waals surface area contributed by atoms with E-state index in [1.165, 1.54) is 41.7 Å². The predicted molar refractivity (Wildman–Crippen MR) is 141 cm³/mol. The zero-order chi connectivity index (χ0) is 27.8. The molecule has 39 heavy (non-hydrogen) atoms. The summed E-state index contributed by atoms with van der Waals surface area (Å²) in [4.78, 5) is 31.2. The molecule has 1 saturated carbocycles. The van der Waals surface area contributed by atoms with Gasteiger partial charge in [-0.3, -0.25) is 4.90 Å². The Hall–Kier alpha value is -3.34. The third-order valence-corrected chi connectivity index (χ3v) is 7.33. The second kappa shape index (κ2) is 13.1. The van der Waals surface area contributed by atoms with Gasteiger partial charge in [-0.2, -0.15) is 13.2 Å². The second-order valence-corrected chi connectivity index (χ2v) is 10.1. The highest BCUT2D eigenvalue weighted by Gasteiger charge is 2.34. The number of hydrogen-bond donors (Lipinski definition) is 2. The van der Waals surface area contributed by atoms with Crippen molar-refractivity contribution in [3.8, 4) is 0 Å². The van der Waals surface area contributed by atoms with E-state index in [2.05, 4.69) is 15.5 Å². The Morgan fingerprint density at radius 1 is 0.923 bits per heavy atom. The van der Waals surface area contributed by atoms with Gasteiger partial charge in [-0.05, 0) is 42.7 Å². The zero-order valence-corrected chi connectivity index (χ0v) is 21.9. The Kier molecular flexibility index (Phi) is 9.66. The number of benzene rings is 2.